The van der Waals surface area contributed by atoms with Gasteiger partial charge in [0, 0.05) is 18.6 Å². The van der Waals surface area contributed by atoms with E-state index in [0.717, 1.165) is 5.92 Å². The van der Waals surface area contributed by atoms with Crippen molar-refractivity contribution in [3.8, 4) is 0 Å². The summed E-state index contributed by atoms with van der Waals surface area (Å²) in [4.78, 5) is 0. The van der Waals surface area contributed by atoms with Crippen molar-refractivity contribution >= 4 is 0 Å². The molecule has 0 spiro atoms. The molecule has 3 atom stereocenters. The number of hydrogen-bond acceptors (Lipinski definition) is 2. The fourth-order valence-electron chi connectivity index (χ4n) is 3.29. The average Bonchev–Trinajstić information content (AvgIpc) is 2.77. The highest BCUT2D eigenvalue weighted by atomic mass is 15.0. The topological polar surface area (TPSA) is 38.0 Å². The Labute approximate surface area is 117 Å². The zero-order chi connectivity index (χ0) is 14.0. The van der Waals surface area contributed by atoms with Gasteiger partial charge in [0.05, 0.1) is 0 Å². The van der Waals surface area contributed by atoms with Crippen LogP contribution in [0.2, 0.25) is 0 Å². The summed E-state index contributed by atoms with van der Waals surface area (Å²) in [5.74, 6) is 0.858. The summed E-state index contributed by atoms with van der Waals surface area (Å²) in [6.07, 6.45) is 3.93. The van der Waals surface area contributed by atoms with Crippen LogP contribution in [0, 0.1) is 26.7 Å². The fraction of sp³-hybridized carbons (Fsp3) is 0.647. The number of hydrogen-bond donors (Lipinski definition) is 2. The Morgan fingerprint density at radius 1 is 1.16 bits per heavy atom. The Morgan fingerprint density at radius 3 is 2.42 bits per heavy atom. The SMILES string of the molecule is Cc1cc(C)c(C(CN)NC2CCC(C)C2)cc1C. The summed E-state index contributed by atoms with van der Waals surface area (Å²) in [5, 5.41) is 3.77. The molecule has 106 valence electrons. The first-order valence-corrected chi connectivity index (χ1v) is 7.55. The number of nitrogens with two attached hydrogens (primary N) is 1. The Balaban J connectivity index is 2.15. The highest BCUT2D eigenvalue weighted by Gasteiger charge is 2.24. The Morgan fingerprint density at radius 2 is 1.84 bits per heavy atom. The third kappa shape index (κ3) is 3.37. The quantitative estimate of drug-likeness (QED) is 0.871. The van der Waals surface area contributed by atoms with Crippen molar-refractivity contribution < 1.29 is 0 Å². The van der Waals surface area contributed by atoms with Crippen LogP contribution in [0.3, 0.4) is 0 Å². The molecule has 2 rings (SSSR count). The molecule has 2 nitrogen and oxygen atoms in total. The standard InChI is InChI=1S/C17H28N2/c1-11-5-6-15(7-11)19-17(10-18)16-9-13(3)12(2)8-14(16)4/h8-9,11,15,17,19H,5-7,10,18H2,1-4H3. The van der Waals surface area contributed by atoms with E-state index < -0.39 is 0 Å². The third-order valence-corrected chi connectivity index (χ3v) is 4.63. The third-order valence-electron chi connectivity index (χ3n) is 4.63. The molecule has 0 bridgehead atoms. The van der Waals surface area contributed by atoms with Crippen molar-refractivity contribution in [1.29, 1.82) is 0 Å². The molecule has 1 aliphatic rings. The second kappa shape index (κ2) is 6.06. The van der Waals surface area contributed by atoms with Crippen molar-refractivity contribution in [2.24, 2.45) is 11.7 Å². The van der Waals surface area contributed by atoms with Gasteiger partial charge in [0.1, 0.15) is 0 Å². The van der Waals surface area contributed by atoms with E-state index in [0.29, 0.717) is 18.6 Å². The zero-order valence-electron chi connectivity index (χ0n) is 12.8. The fourth-order valence-corrected chi connectivity index (χ4v) is 3.29. The van der Waals surface area contributed by atoms with Crippen molar-refractivity contribution in [3.05, 3.63) is 34.4 Å². The highest BCUT2D eigenvalue weighted by Crippen LogP contribution is 2.28. The van der Waals surface area contributed by atoms with Crippen LogP contribution in [-0.2, 0) is 0 Å². The number of rotatable bonds is 4. The van der Waals surface area contributed by atoms with Crippen molar-refractivity contribution in [2.45, 2.75) is 59.0 Å². The molecule has 1 fully saturated rings. The molecule has 0 aromatic heterocycles. The summed E-state index contributed by atoms with van der Waals surface area (Å²) in [5.41, 5.74) is 11.5. The molecule has 2 heteroatoms. The van der Waals surface area contributed by atoms with Gasteiger partial charge in [-0.2, -0.15) is 0 Å². The first kappa shape index (κ1) is 14.5. The van der Waals surface area contributed by atoms with Crippen LogP contribution < -0.4 is 11.1 Å². The van der Waals surface area contributed by atoms with E-state index in [1.807, 2.05) is 0 Å². The number of nitrogens with one attached hydrogen (secondary N) is 1. The van der Waals surface area contributed by atoms with Gasteiger partial charge in [0.25, 0.3) is 0 Å². The minimum atomic E-state index is 0.301. The lowest BCUT2D eigenvalue weighted by atomic mass is 9.95. The first-order chi connectivity index (χ1) is 9.01. The van der Waals surface area contributed by atoms with Gasteiger partial charge in [0.2, 0.25) is 0 Å². The average molecular weight is 260 g/mol. The van der Waals surface area contributed by atoms with E-state index in [1.165, 1.54) is 41.5 Å². The predicted octanol–water partition coefficient (Wildman–Crippen LogP) is 3.39. The Kier molecular flexibility index (Phi) is 4.64. The number of benzene rings is 1. The van der Waals surface area contributed by atoms with E-state index in [9.17, 15) is 0 Å². The van der Waals surface area contributed by atoms with Crippen LogP contribution in [0.5, 0.6) is 0 Å². The van der Waals surface area contributed by atoms with Gasteiger partial charge in [-0.15, -0.1) is 0 Å². The lowest BCUT2D eigenvalue weighted by molar-refractivity contribution is 0.433. The maximum atomic E-state index is 6.01. The largest absolute Gasteiger partial charge is 0.329 e. The molecule has 0 heterocycles. The maximum Gasteiger partial charge on any atom is 0.0449 e. The van der Waals surface area contributed by atoms with E-state index >= 15 is 0 Å². The monoisotopic (exact) mass is 260 g/mol. The van der Waals surface area contributed by atoms with E-state index in [-0.39, 0.29) is 0 Å². The molecule has 0 radical (unpaired) electrons. The van der Waals surface area contributed by atoms with Gasteiger partial charge >= 0.3 is 0 Å². The van der Waals surface area contributed by atoms with Crippen LogP contribution in [0.25, 0.3) is 0 Å². The van der Waals surface area contributed by atoms with E-state index in [1.54, 1.807) is 0 Å². The Bertz CT molecular complexity index is 439. The zero-order valence-corrected chi connectivity index (χ0v) is 12.8. The van der Waals surface area contributed by atoms with Gasteiger partial charge < -0.3 is 11.1 Å². The van der Waals surface area contributed by atoms with Crippen molar-refractivity contribution in [3.63, 3.8) is 0 Å². The van der Waals surface area contributed by atoms with Crippen LogP contribution in [-0.4, -0.2) is 12.6 Å². The van der Waals surface area contributed by atoms with Crippen LogP contribution >= 0.6 is 0 Å². The number of aryl methyl sites for hydroxylation is 3. The lowest BCUT2D eigenvalue weighted by Crippen LogP contribution is -2.35. The molecule has 3 N–H and O–H groups in total. The predicted molar refractivity (Wildman–Crippen MR) is 82.4 cm³/mol. The van der Waals surface area contributed by atoms with Crippen LogP contribution in [0.15, 0.2) is 12.1 Å². The lowest BCUT2D eigenvalue weighted by Gasteiger charge is -2.24. The van der Waals surface area contributed by atoms with Crippen molar-refractivity contribution in [2.75, 3.05) is 6.54 Å². The summed E-state index contributed by atoms with van der Waals surface area (Å²) < 4.78 is 0. The van der Waals surface area contributed by atoms with Gasteiger partial charge in [-0.1, -0.05) is 19.1 Å². The molecule has 1 aliphatic carbocycles. The molecule has 0 amide bonds. The van der Waals surface area contributed by atoms with Gasteiger partial charge in [-0.05, 0) is 68.2 Å². The molecule has 0 saturated heterocycles. The van der Waals surface area contributed by atoms with Crippen molar-refractivity contribution in [1.82, 2.24) is 5.32 Å². The van der Waals surface area contributed by atoms with E-state index in [4.69, 9.17) is 5.73 Å². The molecule has 1 saturated carbocycles. The van der Waals surface area contributed by atoms with Crippen LogP contribution in [0.1, 0.15) is 54.5 Å². The van der Waals surface area contributed by atoms with Crippen LogP contribution in [0.4, 0.5) is 0 Å². The summed E-state index contributed by atoms with van der Waals surface area (Å²) >= 11 is 0. The summed E-state index contributed by atoms with van der Waals surface area (Å²) in [6.45, 7) is 9.58. The minimum absolute atomic E-state index is 0.301. The smallest absolute Gasteiger partial charge is 0.0449 e. The van der Waals surface area contributed by atoms with E-state index in [2.05, 4.69) is 45.1 Å². The molecule has 3 unspecified atom stereocenters. The Hall–Kier alpha value is -0.860. The molecule has 0 aliphatic heterocycles. The molecule has 19 heavy (non-hydrogen) atoms. The minimum Gasteiger partial charge on any atom is -0.329 e. The van der Waals surface area contributed by atoms with Gasteiger partial charge in [0.15, 0.2) is 0 Å². The molecule has 1 aromatic carbocycles. The summed E-state index contributed by atoms with van der Waals surface area (Å²) in [6, 6.07) is 5.54. The molecular formula is C17H28N2. The highest BCUT2D eigenvalue weighted by molar-refractivity contribution is 5.38. The second-order valence-corrected chi connectivity index (χ2v) is 6.36. The molecular weight excluding hydrogens is 232 g/mol. The first-order valence-electron chi connectivity index (χ1n) is 7.55. The van der Waals surface area contributed by atoms with Gasteiger partial charge in [-0.3, -0.25) is 0 Å². The normalized spacial score (nSPS) is 24.7. The maximum absolute atomic E-state index is 6.01. The summed E-state index contributed by atoms with van der Waals surface area (Å²) in [7, 11) is 0. The second-order valence-electron chi connectivity index (χ2n) is 6.36. The van der Waals surface area contributed by atoms with Gasteiger partial charge in [-0.25, -0.2) is 0 Å². The molecule has 1 aromatic rings.